The predicted octanol–water partition coefficient (Wildman–Crippen LogP) is 4.33. The van der Waals surface area contributed by atoms with Crippen molar-refractivity contribution in [2.45, 2.75) is 31.8 Å². The van der Waals surface area contributed by atoms with E-state index in [1.54, 1.807) is 60.7 Å². The molecular weight excluding hydrogens is 484 g/mol. The van der Waals surface area contributed by atoms with Crippen LogP contribution in [-0.4, -0.2) is 42.5 Å². The van der Waals surface area contributed by atoms with Crippen LogP contribution in [0.3, 0.4) is 0 Å². The lowest BCUT2D eigenvalue weighted by atomic mass is 9.61. The molecule has 1 saturated carbocycles. The van der Waals surface area contributed by atoms with Crippen LogP contribution in [0.1, 0.15) is 30.4 Å². The number of ketones is 1. The minimum absolute atomic E-state index is 0.358. The van der Waals surface area contributed by atoms with Gasteiger partial charge >= 0.3 is 0 Å². The molecule has 8 heteroatoms. The van der Waals surface area contributed by atoms with E-state index in [0.717, 1.165) is 5.56 Å². The van der Waals surface area contributed by atoms with Gasteiger partial charge in [0.2, 0.25) is 11.8 Å². The molecule has 4 atom stereocenters. The van der Waals surface area contributed by atoms with Crippen molar-refractivity contribution in [1.29, 1.82) is 0 Å². The first-order valence-electron chi connectivity index (χ1n) is 12.4. The third-order valence-corrected chi connectivity index (χ3v) is 7.02. The van der Waals surface area contributed by atoms with Crippen molar-refractivity contribution in [3.8, 4) is 11.5 Å². The summed E-state index contributed by atoms with van der Waals surface area (Å²) in [6, 6.07) is 21.1. The van der Waals surface area contributed by atoms with Crippen molar-refractivity contribution in [3.05, 3.63) is 83.9 Å². The molecule has 1 aliphatic rings. The summed E-state index contributed by atoms with van der Waals surface area (Å²) in [4.78, 5) is 41.0. The fraction of sp³-hybridized carbons (Fsp3) is 0.300. The van der Waals surface area contributed by atoms with Crippen LogP contribution >= 0.6 is 0 Å². The summed E-state index contributed by atoms with van der Waals surface area (Å²) in [5.74, 6) is -3.94. The van der Waals surface area contributed by atoms with E-state index in [4.69, 9.17) is 9.47 Å². The minimum Gasteiger partial charge on any atom is -0.495 e. The number of carbonyl (C=O) groups is 3. The summed E-state index contributed by atoms with van der Waals surface area (Å²) in [5, 5.41) is 17.1. The molecule has 38 heavy (non-hydrogen) atoms. The number of benzene rings is 3. The SMILES string of the molecule is COc1ccccc1NC(=O)[C@@H]1C(=O)C[C@](C)(O)[C@H](C(=O)Nc2ccccc2OC)[C@@H]1c1ccc(C)cc1. The average molecular weight is 517 g/mol. The second-order valence-corrected chi connectivity index (χ2v) is 9.77. The fourth-order valence-corrected chi connectivity index (χ4v) is 5.20. The summed E-state index contributed by atoms with van der Waals surface area (Å²) >= 11 is 0. The Morgan fingerprint density at radius 3 is 1.87 bits per heavy atom. The molecule has 3 aromatic rings. The van der Waals surface area contributed by atoms with Crippen LogP contribution < -0.4 is 20.1 Å². The predicted molar refractivity (Wildman–Crippen MR) is 144 cm³/mol. The van der Waals surface area contributed by atoms with Crippen molar-refractivity contribution >= 4 is 29.0 Å². The van der Waals surface area contributed by atoms with Gasteiger partial charge in [0.1, 0.15) is 23.2 Å². The molecule has 8 nitrogen and oxygen atoms in total. The molecule has 0 radical (unpaired) electrons. The van der Waals surface area contributed by atoms with Crippen molar-refractivity contribution in [3.63, 3.8) is 0 Å². The van der Waals surface area contributed by atoms with Gasteiger partial charge in [-0.15, -0.1) is 0 Å². The molecule has 198 valence electrons. The molecule has 0 aromatic heterocycles. The molecule has 0 unspecified atom stereocenters. The maximum absolute atomic E-state index is 13.8. The number of para-hydroxylation sites is 4. The normalized spacial score (nSPS) is 22.9. The van der Waals surface area contributed by atoms with Crippen LogP contribution in [0.2, 0.25) is 0 Å². The highest BCUT2D eigenvalue weighted by atomic mass is 16.5. The number of nitrogens with one attached hydrogen (secondary N) is 2. The van der Waals surface area contributed by atoms with Crippen molar-refractivity contribution in [1.82, 2.24) is 0 Å². The smallest absolute Gasteiger partial charge is 0.235 e. The van der Waals surface area contributed by atoms with Crippen molar-refractivity contribution < 1.29 is 29.0 Å². The van der Waals surface area contributed by atoms with Gasteiger partial charge in [0, 0.05) is 12.3 Å². The van der Waals surface area contributed by atoms with Gasteiger partial charge in [-0.05, 0) is 43.7 Å². The molecule has 0 heterocycles. The second-order valence-electron chi connectivity index (χ2n) is 9.77. The Balaban J connectivity index is 1.78. The van der Waals surface area contributed by atoms with Crippen LogP contribution in [0.15, 0.2) is 72.8 Å². The zero-order valence-electron chi connectivity index (χ0n) is 21.9. The maximum Gasteiger partial charge on any atom is 0.235 e. The molecule has 2 amide bonds. The number of carbonyl (C=O) groups excluding carboxylic acids is 3. The first kappa shape index (κ1) is 26.9. The Morgan fingerprint density at radius 2 is 1.34 bits per heavy atom. The molecule has 4 rings (SSSR count). The quantitative estimate of drug-likeness (QED) is 0.403. The molecule has 1 fully saturated rings. The number of hydrogen-bond donors (Lipinski definition) is 3. The number of anilines is 2. The highest BCUT2D eigenvalue weighted by Gasteiger charge is 2.56. The summed E-state index contributed by atoms with van der Waals surface area (Å²) in [7, 11) is 2.98. The summed E-state index contributed by atoms with van der Waals surface area (Å²) in [6.45, 7) is 3.39. The maximum atomic E-state index is 13.8. The van der Waals surface area contributed by atoms with E-state index in [0.29, 0.717) is 28.4 Å². The molecule has 0 aliphatic heterocycles. The lowest BCUT2D eigenvalue weighted by Crippen LogP contribution is -2.56. The van der Waals surface area contributed by atoms with Gasteiger partial charge in [-0.25, -0.2) is 0 Å². The van der Waals surface area contributed by atoms with Gasteiger partial charge in [-0.2, -0.15) is 0 Å². The van der Waals surface area contributed by atoms with Crippen LogP contribution in [0.5, 0.6) is 11.5 Å². The van der Waals surface area contributed by atoms with E-state index >= 15 is 0 Å². The third kappa shape index (κ3) is 5.40. The first-order valence-corrected chi connectivity index (χ1v) is 12.4. The number of methoxy groups -OCH3 is 2. The zero-order valence-corrected chi connectivity index (χ0v) is 21.9. The van der Waals surface area contributed by atoms with E-state index in [-0.39, 0.29) is 6.42 Å². The Kier molecular flexibility index (Phi) is 7.83. The standard InChI is InChI=1S/C30H32N2O6/c1-18-13-15-19(16-14-18)25-26(28(34)31-20-9-5-7-11-23(20)37-3)22(33)17-30(2,36)27(25)29(35)32-21-10-6-8-12-24(21)38-4/h5-16,25-27,36H,17H2,1-4H3,(H,31,34)(H,32,35)/t25-,26-,27+,30+/m1/s1. The second kappa shape index (κ2) is 11.1. The van der Waals surface area contributed by atoms with E-state index in [1.807, 2.05) is 19.1 Å². The number of rotatable bonds is 7. The Morgan fingerprint density at radius 1 is 0.842 bits per heavy atom. The highest BCUT2D eigenvalue weighted by Crippen LogP contribution is 2.47. The van der Waals surface area contributed by atoms with Crippen molar-refractivity contribution in [2.75, 3.05) is 24.9 Å². The molecule has 0 saturated heterocycles. The van der Waals surface area contributed by atoms with E-state index in [1.165, 1.54) is 21.1 Å². The van der Waals surface area contributed by atoms with Crippen LogP contribution in [0, 0.1) is 18.8 Å². The largest absolute Gasteiger partial charge is 0.495 e. The van der Waals surface area contributed by atoms with Gasteiger partial charge in [0.15, 0.2) is 0 Å². The number of ether oxygens (including phenoxy) is 2. The highest BCUT2D eigenvalue weighted by molar-refractivity contribution is 6.11. The zero-order chi connectivity index (χ0) is 27.4. The summed E-state index contributed by atoms with van der Waals surface area (Å²) in [6.07, 6.45) is -0.358. The van der Waals surface area contributed by atoms with Gasteiger partial charge in [-0.1, -0.05) is 54.1 Å². The molecule has 3 N–H and O–H groups in total. The average Bonchev–Trinajstić information content (AvgIpc) is 2.88. The van der Waals surface area contributed by atoms with Gasteiger partial charge in [0.25, 0.3) is 0 Å². The molecule has 3 aromatic carbocycles. The minimum atomic E-state index is -1.71. The first-order chi connectivity index (χ1) is 18.2. The summed E-state index contributed by atoms with van der Waals surface area (Å²) < 4.78 is 10.7. The van der Waals surface area contributed by atoms with Gasteiger partial charge in [0.05, 0.1) is 37.1 Å². The van der Waals surface area contributed by atoms with Crippen LogP contribution in [-0.2, 0) is 14.4 Å². The molecule has 0 spiro atoms. The van der Waals surface area contributed by atoms with E-state index < -0.39 is 41.0 Å². The lowest BCUT2D eigenvalue weighted by Gasteiger charge is -2.44. The fourth-order valence-electron chi connectivity index (χ4n) is 5.20. The number of Topliss-reactive ketones (excluding diaryl/α,β-unsaturated/α-hetero) is 1. The van der Waals surface area contributed by atoms with Gasteiger partial charge < -0.3 is 25.2 Å². The summed E-state index contributed by atoms with van der Waals surface area (Å²) in [5.41, 5.74) is 0.699. The number of aliphatic hydroxyl groups is 1. The lowest BCUT2D eigenvalue weighted by molar-refractivity contribution is -0.150. The monoisotopic (exact) mass is 516 g/mol. The van der Waals surface area contributed by atoms with Crippen LogP contribution in [0.25, 0.3) is 0 Å². The Labute approximate surface area is 222 Å². The molecule has 1 aliphatic carbocycles. The Hall–Kier alpha value is -4.17. The van der Waals surface area contributed by atoms with Crippen LogP contribution in [0.4, 0.5) is 11.4 Å². The molecular formula is C30H32N2O6. The number of hydrogen-bond acceptors (Lipinski definition) is 6. The third-order valence-electron chi connectivity index (χ3n) is 7.02. The van der Waals surface area contributed by atoms with Crippen molar-refractivity contribution in [2.24, 2.45) is 11.8 Å². The topological polar surface area (TPSA) is 114 Å². The number of amides is 2. The number of aryl methyl sites for hydroxylation is 1. The van der Waals surface area contributed by atoms with E-state index in [2.05, 4.69) is 10.6 Å². The Bertz CT molecular complexity index is 1330. The van der Waals surface area contributed by atoms with E-state index in [9.17, 15) is 19.5 Å². The van der Waals surface area contributed by atoms with Gasteiger partial charge in [-0.3, -0.25) is 14.4 Å². The molecule has 0 bridgehead atoms.